The number of nitrogens with one attached hydrogen (secondary N) is 1. The van der Waals surface area contributed by atoms with E-state index >= 15 is 0 Å². The molecule has 0 spiro atoms. The highest BCUT2D eigenvalue weighted by Gasteiger charge is 2.25. The average molecular weight is 403 g/mol. The number of nitrogens with zero attached hydrogens (tertiary/aromatic N) is 5. The Morgan fingerprint density at radius 1 is 1.25 bits per heavy atom. The van der Waals surface area contributed by atoms with E-state index in [0.29, 0.717) is 24.7 Å². The van der Waals surface area contributed by atoms with Gasteiger partial charge in [-0.05, 0) is 36.1 Å². The third kappa shape index (κ3) is 5.48. The molecule has 28 heavy (non-hydrogen) atoms. The number of carbonyl (C=O) groups is 1. The molecule has 150 valence electrons. The van der Waals surface area contributed by atoms with Crippen LogP contribution in [0.2, 0.25) is 5.02 Å². The van der Waals surface area contributed by atoms with Crippen LogP contribution in [0.15, 0.2) is 41.7 Å². The van der Waals surface area contributed by atoms with Crippen molar-refractivity contribution < 1.29 is 4.79 Å². The van der Waals surface area contributed by atoms with E-state index in [1.54, 1.807) is 7.05 Å². The van der Waals surface area contributed by atoms with Crippen molar-refractivity contribution >= 4 is 23.5 Å². The summed E-state index contributed by atoms with van der Waals surface area (Å²) >= 11 is 5.93. The van der Waals surface area contributed by atoms with Gasteiger partial charge in [0, 0.05) is 51.5 Å². The summed E-state index contributed by atoms with van der Waals surface area (Å²) < 4.78 is 1.82. The first-order chi connectivity index (χ1) is 13.5. The Morgan fingerprint density at radius 3 is 2.68 bits per heavy atom. The fourth-order valence-electron chi connectivity index (χ4n) is 3.29. The van der Waals surface area contributed by atoms with Crippen LogP contribution in [0, 0.1) is 0 Å². The molecule has 8 heteroatoms. The average Bonchev–Trinajstić information content (AvgIpc) is 3.10. The van der Waals surface area contributed by atoms with Crippen molar-refractivity contribution in [1.82, 2.24) is 24.9 Å². The molecule has 7 nitrogen and oxygen atoms in total. The first kappa shape index (κ1) is 20.2. The van der Waals surface area contributed by atoms with Gasteiger partial charge in [0.2, 0.25) is 5.91 Å². The Labute approximate surface area is 171 Å². The minimum absolute atomic E-state index is 0.111. The summed E-state index contributed by atoms with van der Waals surface area (Å²) in [7, 11) is 3.68. The molecule has 0 radical (unpaired) electrons. The monoisotopic (exact) mass is 402 g/mol. The van der Waals surface area contributed by atoms with Gasteiger partial charge in [0.1, 0.15) is 0 Å². The van der Waals surface area contributed by atoms with Crippen molar-refractivity contribution in [2.75, 3.05) is 33.2 Å². The van der Waals surface area contributed by atoms with Crippen molar-refractivity contribution in [2.45, 2.75) is 19.4 Å². The van der Waals surface area contributed by atoms with E-state index in [1.165, 1.54) is 5.56 Å². The van der Waals surface area contributed by atoms with Crippen LogP contribution in [0.1, 0.15) is 17.5 Å². The van der Waals surface area contributed by atoms with E-state index in [9.17, 15) is 4.79 Å². The zero-order chi connectivity index (χ0) is 19.9. The summed E-state index contributed by atoms with van der Waals surface area (Å²) in [6.07, 6.45) is 5.88. The number of rotatable bonds is 6. The van der Waals surface area contributed by atoms with Crippen LogP contribution in [-0.2, 0) is 24.8 Å². The van der Waals surface area contributed by atoms with Gasteiger partial charge in [-0.15, -0.1) is 0 Å². The molecule has 3 rings (SSSR count). The van der Waals surface area contributed by atoms with Crippen molar-refractivity contribution in [3.63, 3.8) is 0 Å². The molecule has 1 N–H and O–H groups in total. The second-order valence-corrected chi connectivity index (χ2v) is 7.40. The molecule has 0 bridgehead atoms. The molecular formula is C20H27ClN6O. The lowest BCUT2D eigenvalue weighted by Gasteiger charge is -2.36. The molecule has 2 heterocycles. The molecule has 0 atom stereocenters. The summed E-state index contributed by atoms with van der Waals surface area (Å²) in [4.78, 5) is 20.8. The maximum atomic E-state index is 12.6. The Morgan fingerprint density at radius 2 is 2.04 bits per heavy atom. The molecular weight excluding hydrogens is 376 g/mol. The third-order valence-electron chi connectivity index (χ3n) is 4.80. The molecule has 0 aliphatic carbocycles. The van der Waals surface area contributed by atoms with Crippen molar-refractivity contribution in [3.05, 3.63) is 52.8 Å². The zero-order valence-electron chi connectivity index (χ0n) is 16.4. The van der Waals surface area contributed by atoms with Crippen LogP contribution in [-0.4, -0.2) is 64.7 Å². The predicted octanol–water partition coefficient (Wildman–Crippen LogP) is 1.93. The Kier molecular flexibility index (Phi) is 6.92. The van der Waals surface area contributed by atoms with Gasteiger partial charge in [-0.2, -0.15) is 5.10 Å². The summed E-state index contributed by atoms with van der Waals surface area (Å²) in [5, 5.41) is 8.26. The Hall–Kier alpha value is -2.54. The van der Waals surface area contributed by atoms with Gasteiger partial charge < -0.3 is 15.1 Å². The fraction of sp³-hybridized carbons (Fsp3) is 0.450. The number of hydrogen-bond donors (Lipinski definition) is 1. The van der Waals surface area contributed by atoms with Gasteiger partial charge in [0.05, 0.1) is 12.7 Å². The lowest BCUT2D eigenvalue weighted by molar-refractivity contribution is -0.135. The number of aliphatic imine (C=N–C) groups is 1. The van der Waals surface area contributed by atoms with Crippen LogP contribution < -0.4 is 5.32 Å². The zero-order valence-corrected chi connectivity index (χ0v) is 17.2. The molecule has 0 unspecified atom stereocenters. The number of halogens is 1. The van der Waals surface area contributed by atoms with Crippen LogP contribution in [0.25, 0.3) is 0 Å². The maximum absolute atomic E-state index is 12.6. The number of piperazine rings is 1. The number of guanidine groups is 1. The van der Waals surface area contributed by atoms with Crippen LogP contribution in [0.4, 0.5) is 0 Å². The van der Waals surface area contributed by atoms with Crippen molar-refractivity contribution in [2.24, 2.45) is 12.0 Å². The van der Waals surface area contributed by atoms with Crippen LogP contribution in [0.3, 0.4) is 0 Å². The van der Waals surface area contributed by atoms with Crippen molar-refractivity contribution in [1.29, 1.82) is 0 Å². The minimum Gasteiger partial charge on any atom is -0.356 e. The Bertz CT molecular complexity index is 816. The summed E-state index contributed by atoms with van der Waals surface area (Å²) in [5.41, 5.74) is 2.31. The fourth-order valence-corrected chi connectivity index (χ4v) is 3.42. The molecule has 2 aromatic rings. The minimum atomic E-state index is 0.111. The van der Waals surface area contributed by atoms with Gasteiger partial charge >= 0.3 is 0 Å². The first-order valence-corrected chi connectivity index (χ1v) is 9.88. The van der Waals surface area contributed by atoms with E-state index < -0.39 is 0 Å². The molecule has 1 aliphatic heterocycles. The van der Waals surface area contributed by atoms with Gasteiger partial charge in [-0.3, -0.25) is 14.5 Å². The molecule has 1 aromatic carbocycles. The van der Waals surface area contributed by atoms with E-state index in [2.05, 4.69) is 15.4 Å². The highest BCUT2D eigenvalue weighted by molar-refractivity contribution is 6.30. The number of aromatic nitrogens is 2. The molecule has 1 aromatic heterocycles. The predicted molar refractivity (Wildman–Crippen MR) is 111 cm³/mol. The summed E-state index contributed by atoms with van der Waals surface area (Å²) in [5.74, 6) is 0.894. The second-order valence-electron chi connectivity index (χ2n) is 6.96. The number of aryl methyl sites for hydroxylation is 2. The first-order valence-electron chi connectivity index (χ1n) is 9.50. The second kappa shape index (κ2) is 9.59. The number of benzene rings is 1. The molecule has 1 saturated heterocycles. The van der Waals surface area contributed by atoms with Gasteiger partial charge in [0.25, 0.3) is 0 Å². The highest BCUT2D eigenvalue weighted by atomic mass is 35.5. The lowest BCUT2D eigenvalue weighted by Crippen LogP contribution is -2.55. The quantitative estimate of drug-likeness (QED) is 0.455. The van der Waals surface area contributed by atoms with E-state index in [-0.39, 0.29) is 5.91 Å². The number of carbonyl (C=O) groups excluding carboxylic acids is 1. The lowest BCUT2D eigenvalue weighted by atomic mass is 10.2. The van der Waals surface area contributed by atoms with Gasteiger partial charge in [-0.1, -0.05) is 23.7 Å². The summed E-state index contributed by atoms with van der Waals surface area (Å²) in [6.45, 7) is 3.21. The maximum Gasteiger partial charge on any atom is 0.242 e. The topological polar surface area (TPSA) is 65.8 Å². The standard InChI is InChI=1S/C20H27ClN6O/c1-22-20(23-9-3-4-17-12-24-25(2)13-17)27-11-10-26(19(28)15-27)14-16-5-7-18(21)8-6-16/h5-8,12-13H,3-4,9-11,14-15H2,1-2H3,(H,22,23). The molecule has 1 amide bonds. The van der Waals surface area contributed by atoms with Gasteiger partial charge in [-0.25, -0.2) is 0 Å². The van der Waals surface area contributed by atoms with Crippen LogP contribution >= 0.6 is 11.6 Å². The highest BCUT2D eigenvalue weighted by Crippen LogP contribution is 2.13. The van der Waals surface area contributed by atoms with Crippen LogP contribution in [0.5, 0.6) is 0 Å². The molecule has 1 fully saturated rings. The largest absolute Gasteiger partial charge is 0.356 e. The smallest absolute Gasteiger partial charge is 0.242 e. The SMILES string of the molecule is CN=C(NCCCc1cnn(C)c1)N1CCN(Cc2ccc(Cl)cc2)C(=O)C1. The number of amides is 1. The van der Waals surface area contributed by atoms with Gasteiger partial charge in [0.15, 0.2) is 5.96 Å². The van der Waals surface area contributed by atoms with E-state index in [0.717, 1.165) is 37.5 Å². The molecule has 0 saturated carbocycles. The number of hydrogen-bond acceptors (Lipinski definition) is 3. The normalized spacial score (nSPS) is 15.2. The summed E-state index contributed by atoms with van der Waals surface area (Å²) in [6, 6.07) is 7.64. The Balaban J connectivity index is 1.44. The third-order valence-corrected chi connectivity index (χ3v) is 5.05. The van der Waals surface area contributed by atoms with Crippen molar-refractivity contribution in [3.8, 4) is 0 Å². The van der Waals surface area contributed by atoms with E-state index in [4.69, 9.17) is 11.6 Å². The molecule has 1 aliphatic rings. The van der Waals surface area contributed by atoms with E-state index in [1.807, 2.05) is 58.2 Å².